The SMILES string of the molecule is CCNC(=NCCNC(=O)C(C)(C)C)N(C)Cc1cccc(Cl)c1. The van der Waals surface area contributed by atoms with Crippen LogP contribution in [0.25, 0.3) is 0 Å². The first-order chi connectivity index (χ1) is 11.2. The van der Waals surface area contributed by atoms with Crippen molar-refractivity contribution in [2.24, 2.45) is 10.4 Å². The lowest BCUT2D eigenvalue weighted by atomic mass is 9.96. The smallest absolute Gasteiger partial charge is 0.225 e. The maximum atomic E-state index is 11.8. The predicted octanol–water partition coefficient (Wildman–Crippen LogP) is 2.90. The molecule has 0 saturated carbocycles. The van der Waals surface area contributed by atoms with Crippen molar-refractivity contribution in [3.63, 3.8) is 0 Å². The van der Waals surface area contributed by atoms with E-state index in [0.717, 1.165) is 23.1 Å². The number of halogens is 1. The fourth-order valence-corrected chi connectivity index (χ4v) is 2.26. The molecule has 24 heavy (non-hydrogen) atoms. The summed E-state index contributed by atoms with van der Waals surface area (Å²) in [5.41, 5.74) is 0.744. The van der Waals surface area contributed by atoms with E-state index >= 15 is 0 Å². The topological polar surface area (TPSA) is 56.7 Å². The maximum Gasteiger partial charge on any atom is 0.225 e. The normalized spacial score (nSPS) is 12.0. The molecule has 0 atom stereocenters. The highest BCUT2D eigenvalue weighted by atomic mass is 35.5. The number of hydrogen-bond acceptors (Lipinski definition) is 2. The Kier molecular flexibility index (Phi) is 8.05. The minimum atomic E-state index is -0.377. The third-order valence-corrected chi connectivity index (χ3v) is 3.58. The molecule has 0 fully saturated rings. The van der Waals surface area contributed by atoms with Crippen LogP contribution < -0.4 is 10.6 Å². The molecule has 0 heterocycles. The van der Waals surface area contributed by atoms with E-state index < -0.39 is 0 Å². The number of nitrogens with one attached hydrogen (secondary N) is 2. The van der Waals surface area contributed by atoms with Gasteiger partial charge >= 0.3 is 0 Å². The van der Waals surface area contributed by atoms with E-state index in [1.54, 1.807) is 0 Å². The van der Waals surface area contributed by atoms with Gasteiger partial charge in [0.25, 0.3) is 0 Å². The molecule has 6 heteroatoms. The molecule has 1 amide bonds. The van der Waals surface area contributed by atoms with Crippen LogP contribution in [0.4, 0.5) is 0 Å². The maximum absolute atomic E-state index is 11.8. The van der Waals surface area contributed by atoms with Crippen LogP contribution >= 0.6 is 11.6 Å². The van der Waals surface area contributed by atoms with Crippen LogP contribution in [-0.4, -0.2) is 43.4 Å². The molecule has 0 saturated heterocycles. The van der Waals surface area contributed by atoms with E-state index in [4.69, 9.17) is 11.6 Å². The molecule has 0 radical (unpaired) electrons. The molecule has 1 aromatic rings. The highest BCUT2D eigenvalue weighted by Crippen LogP contribution is 2.13. The van der Waals surface area contributed by atoms with Gasteiger partial charge in [-0.1, -0.05) is 44.5 Å². The molecular formula is C18H29ClN4O. The highest BCUT2D eigenvalue weighted by Gasteiger charge is 2.20. The van der Waals surface area contributed by atoms with Gasteiger partial charge in [-0.2, -0.15) is 0 Å². The summed E-state index contributed by atoms with van der Waals surface area (Å²) < 4.78 is 0. The average Bonchev–Trinajstić information content (AvgIpc) is 2.49. The average molecular weight is 353 g/mol. The van der Waals surface area contributed by atoms with Gasteiger partial charge in [0.2, 0.25) is 5.91 Å². The molecule has 0 unspecified atom stereocenters. The summed E-state index contributed by atoms with van der Waals surface area (Å²) in [7, 11) is 1.98. The summed E-state index contributed by atoms with van der Waals surface area (Å²) in [6, 6.07) is 7.79. The van der Waals surface area contributed by atoms with E-state index in [1.165, 1.54) is 0 Å². The Hall–Kier alpha value is -1.75. The molecule has 2 N–H and O–H groups in total. The lowest BCUT2D eigenvalue weighted by molar-refractivity contribution is -0.128. The molecule has 0 spiro atoms. The number of benzene rings is 1. The van der Waals surface area contributed by atoms with Gasteiger partial charge in [0, 0.05) is 37.1 Å². The van der Waals surface area contributed by atoms with Crippen molar-refractivity contribution in [3.8, 4) is 0 Å². The van der Waals surface area contributed by atoms with E-state index in [1.807, 2.05) is 63.9 Å². The number of hydrogen-bond donors (Lipinski definition) is 2. The Morgan fingerprint density at radius 2 is 2.00 bits per heavy atom. The van der Waals surface area contributed by atoms with Crippen LogP contribution in [0.15, 0.2) is 29.3 Å². The third kappa shape index (κ3) is 7.21. The zero-order chi connectivity index (χ0) is 18.2. The number of guanidine groups is 1. The second-order valence-corrected chi connectivity index (χ2v) is 7.16. The van der Waals surface area contributed by atoms with Gasteiger partial charge < -0.3 is 15.5 Å². The Morgan fingerprint density at radius 3 is 2.58 bits per heavy atom. The molecule has 0 bridgehead atoms. The highest BCUT2D eigenvalue weighted by molar-refractivity contribution is 6.30. The lowest BCUT2D eigenvalue weighted by Crippen LogP contribution is -2.40. The van der Waals surface area contributed by atoms with Crippen LogP contribution in [0.2, 0.25) is 5.02 Å². The summed E-state index contributed by atoms with van der Waals surface area (Å²) in [6.45, 7) is 10.3. The molecule has 0 aliphatic rings. The molecule has 1 rings (SSSR count). The Bertz CT molecular complexity index is 566. The number of aliphatic imine (C=N–C) groups is 1. The van der Waals surface area contributed by atoms with Gasteiger partial charge in [0.15, 0.2) is 5.96 Å². The van der Waals surface area contributed by atoms with Crippen LogP contribution in [0.5, 0.6) is 0 Å². The standard InChI is InChI=1S/C18H29ClN4O/c1-6-20-17(22-11-10-21-16(24)18(2,3)4)23(5)13-14-8-7-9-15(19)12-14/h7-9,12H,6,10-11,13H2,1-5H3,(H,20,22)(H,21,24). The largest absolute Gasteiger partial charge is 0.357 e. The van der Waals surface area contributed by atoms with Crippen molar-refractivity contribution in [2.45, 2.75) is 34.2 Å². The van der Waals surface area contributed by atoms with Crippen molar-refractivity contribution < 1.29 is 4.79 Å². The first kappa shape index (κ1) is 20.3. The molecule has 134 valence electrons. The Labute approximate surface area is 150 Å². The van der Waals surface area contributed by atoms with Crippen molar-refractivity contribution in [3.05, 3.63) is 34.9 Å². The van der Waals surface area contributed by atoms with E-state index in [-0.39, 0.29) is 11.3 Å². The van der Waals surface area contributed by atoms with E-state index in [9.17, 15) is 4.79 Å². The number of amides is 1. The molecule has 0 aromatic heterocycles. The zero-order valence-corrected chi connectivity index (χ0v) is 16.1. The fraction of sp³-hybridized carbons (Fsp3) is 0.556. The summed E-state index contributed by atoms with van der Waals surface area (Å²) in [6.07, 6.45) is 0. The molecule has 0 aliphatic heterocycles. The quantitative estimate of drug-likeness (QED) is 0.470. The number of rotatable bonds is 6. The molecule has 0 aliphatic carbocycles. The van der Waals surface area contributed by atoms with Crippen LogP contribution in [-0.2, 0) is 11.3 Å². The molecular weight excluding hydrogens is 324 g/mol. The van der Waals surface area contributed by atoms with Gasteiger partial charge in [-0.15, -0.1) is 0 Å². The molecule has 5 nitrogen and oxygen atoms in total. The second-order valence-electron chi connectivity index (χ2n) is 6.73. The monoisotopic (exact) mass is 352 g/mol. The predicted molar refractivity (Wildman–Crippen MR) is 101 cm³/mol. The lowest BCUT2D eigenvalue weighted by Gasteiger charge is -2.22. The zero-order valence-electron chi connectivity index (χ0n) is 15.3. The van der Waals surface area contributed by atoms with Gasteiger partial charge in [0.1, 0.15) is 0 Å². The van der Waals surface area contributed by atoms with Crippen molar-refractivity contribution in [2.75, 3.05) is 26.7 Å². The van der Waals surface area contributed by atoms with Crippen LogP contribution in [0.1, 0.15) is 33.3 Å². The Morgan fingerprint density at radius 1 is 1.29 bits per heavy atom. The van der Waals surface area contributed by atoms with Gasteiger partial charge in [-0.3, -0.25) is 9.79 Å². The van der Waals surface area contributed by atoms with Gasteiger partial charge in [-0.25, -0.2) is 0 Å². The summed E-state index contributed by atoms with van der Waals surface area (Å²) in [5.74, 6) is 0.845. The third-order valence-electron chi connectivity index (χ3n) is 3.35. The van der Waals surface area contributed by atoms with Crippen molar-refractivity contribution in [1.82, 2.24) is 15.5 Å². The minimum absolute atomic E-state index is 0.0370. The number of carbonyl (C=O) groups is 1. The van der Waals surface area contributed by atoms with Crippen molar-refractivity contribution >= 4 is 23.5 Å². The fourth-order valence-electron chi connectivity index (χ4n) is 2.05. The summed E-state index contributed by atoms with van der Waals surface area (Å²) >= 11 is 6.03. The first-order valence-corrected chi connectivity index (χ1v) is 8.64. The van der Waals surface area contributed by atoms with E-state index in [0.29, 0.717) is 19.6 Å². The first-order valence-electron chi connectivity index (χ1n) is 8.26. The second kappa shape index (κ2) is 9.52. The molecule has 1 aromatic carbocycles. The van der Waals surface area contributed by atoms with Gasteiger partial charge in [0.05, 0.1) is 6.54 Å². The van der Waals surface area contributed by atoms with Crippen LogP contribution in [0.3, 0.4) is 0 Å². The summed E-state index contributed by atoms with van der Waals surface area (Å²) in [5, 5.41) is 6.90. The Balaban J connectivity index is 2.59. The number of carbonyl (C=O) groups excluding carboxylic acids is 1. The van der Waals surface area contributed by atoms with Crippen molar-refractivity contribution in [1.29, 1.82) is 0 Å². The van der Waals surface area contributed by atoms with Crippen LogP contribution in [0, 0.1) is 5.41 Å². The van der Waals surface area contributed by atoms with Gasteiger partial charge in [-0.05, 0) is 24.6 Å². The minimum Gasteiger partial charge on any atom is -0.357 e. The summed E-state index contributed by atoms with van der Waals surface area (Å²) in [4.78, 5) is 18.5. The number of nitrogens with zero attached hydrogens (tertiary/aromatic N) is 2. The van der Waals surface area contributed by atoms with E-state index in [2.05, 4.69) is 15.6 Å².